The first kappa shape index (κ1) is 17.2. The van der Waals surface area contributed by atoms with Crippen molar-refractivity contribution in [2.75, 3.05) is 25.5 Å². The Morgan fingerprint density at radius 1 is 1.32 bits per heavy atom. The number of anilines is 1. The van der Waals surface area contributed by atoms with Gasteiger partial charge in [0, 0.05) is 12.7 Å². The van der Waals surface area contributed by atoms with Gasteiger partial charge in [-0.25, -0.2) is 4.79 Å². The Morgan fingerprint density at radius 2 is 2.08 bits per heavy atom. The van der Waals surface area contributed by atoms with E-state index in [0.29, 0.717) is 18.8 Å². The number of aryl methyl sites for hydroxylation is 1. The number of likely N-dealkylation sites (tertiary alicyclic amines) is 1. The summed E-state index contributed by atoms with van der Waals surface area (Å²) in [5.41, 5.74) is 0.373. The fraction of sp³-hybridized carbons (Fsp3) is 0.471. The smallest absolute Gasteiger partial charge is 0.360 e. The highest BCUT2D eigenvalue weighted by molar-refractivity contribution is 6.05. The second-order valence-electron chi connectivity index (χ2n) is 5.94. The maximum atomic E-state index is 12.4. The van der Waals surface area contributed by atoms with Crippen molar-refractivity contribution < 1.29 is 18.7 Å². The summed E-state index contributed by atoms with van der Waals surface area (Å²) in [5.74, 6) is -0.0658. The Balaban J connectivity index is 1.70. The third-order valence-corrected chi connectivity index (χ3v) is 4.18. The second-order valence-corrected chi connectivity index (χ2v) is 5.94. The normalized spacial score (nSPS) is 14.6. The predicted octanol–water partition coefficient (Wildman–Crippen LogP) is 2.13. The zero-order valence-corrected chi connectivity index (χ0v) is 14.4. The summed E-state index contributed by atoms with van der Waals surface area (Å²) < 4.78 is 11.9. The Labute approximate surface area is 145 Å². The van der Waals surface area contributed by atoms with Crippen LogP contribution >= 0.6 is 0 Å². The summed E-state index contributed by atoms with van der Waals surface area (Å²) in [7, 11) is 1.27. The van der Waals surface area contributed by atoms with Gasteiger partial charge in [-0.2, -0.15) is 5.10 Å². The fourth-order valence-electron chi connectivity index (χ4n) is 2.85. The largest absolute Gasteiger partial charge is 0.464 e. The van der Waals surface area contributed by atoms with E-state index in [1.54, 1.807) is 16.9 Å². The van der Waals surface area contributed by atoms with Crippen LogP contribution in [0.25, 0.3) is 0 Å². The van der Waals surface area contributed by atoms with Gasteiger partial charge < -0.3 is 14.5 Å². The van der Waals surface area contributed by atoms with E-state index in [0.717, 1.165) is 18.8 Å². The average Bonchev–Trinajstić information content (AvgIpc) is 3.35. The maximum Gasteiger partial charge on any atom is 0.360 e. The van der Waals surface area contributed by atoms with Crippen molar-refractivity contribution in [3.8, 4) is 0 Å². The highest BCUT2D eigenvalue weighted by Gasteiger charge is 2.21. The van der Waals surface area contributed by atoms with Crippen molar-refractivity contribution in [1.82, 2.24) is 14.7 Å². The zero-order valence-electron chi connectivity index (χ0n) is 14.4. The lowest BCUT2D eigenvalue weighted by molar-refractivity contribution is 0.0594. The third-order valence-electron chi connectivity index (χ3n) is 4.18. The van der Waals surface area contributed by atoms with Crippen LogP contribution in [0.3, 0.4) is 0 Å². The molecule has 2 aromatic rings. The van der Waals surface area contributed by atoms with Crippen LogP contribution in [0.5, 0.6) is 0 Å². The molecule has 1 aliphatic rings. The second kappa shape index (κ2) is 7.52. The molecule has 1 N–H and O–H groups in total. The first-order chi connectivity index (χ1) is 12.1. The van der Waals surface area contributed by atoms with Crippen LogP contribution in [-0.4, -0.2) is 46.8 Å². The lowest BCUT2D eigenvalue weighted by Gasteiger charge is -2.11. The van der Waals surface area contributed by atoms with Crippen molar-refractivity contribution in [1.29, 1.82) is 0 Å². The van der Waals surface area contributed by atoms with E-state index in [4.69, 9.17) is 9.15 Å². The van der Waals surface area contributed by atoms with Crippen molar-refractivity contribution in [3.05, 3.63) is 35.5 Å². The summed E-state index contributed by atoms with van der Waals surface area (Å²) in [4.78, 5) is 26.5. The molecule has 0 atom stereocenters. The molecule has 0 aliphatic carbocycles. The Kier molecular flexibility index (Phi) is 5.18. The van der Waals surface area contributed by atoms with E-state index < -0.39 is 11.9 Å². The van der Waals surface area contributed by atoms with Crippen molar-refractivity contribution in [2.24, 2.45) is 0 Å². The van der Waals surface area contributed by atoms with Crippen LogP contribution in [0.15, 0.2) is 22.7 Å². The van der Waals surface area contributed by atoms with Gasteiger partial charge in [-0.1, -0.05) is 0 Å². The number of aromatic nitrogens is 2. The molecule has 0 unspecified atom stereocenters. The van der Waals surface area contributed by atoms with Gasteiger partial charge in [0.1, 0.15) is 5.76 Å². The van der Waals surface area contributed by atoms with Crippen LogP contribution in [0.4, 0.5) is 5.69 Å². The summed E-state index contributed by atoms with van der Waals surface area (Å²) in [6.07, 6.45) is 4.00. The molecular formula is C17H22N4O4. The minimum atomic E-state index is -0.600. The molecule has 0 bridgehead atoms. The van der Waals surface area contributed by atoms with Crippen LogP contribution in [0.2, 0.25) is 0 Å². The lowest BCUT2D eigenvalue weighted by Crippen LogP contribution is -2.18. The van der Waals surface area contributed by atoms with Crippen molar-refractivity contribution >= 4 is 17.6 Å². The van der Waals surface area contributed by atoms with Gasteiger partial charge in [0.05, 0.1) is 19.3 Å². The summed E-state index contributed by atoms with van der Waals surface area (Å²) in [6.45, 7) is 5.27. The molecule has 8 nitrogen and oxygen atoms in total. The topological polar surface area (TPSA) is 89.6 Å². The third kappa shape index (κ3) is 3.90. The van der Waals surface area contributed by atoms with Gasteiger partial charge in [-0.3, -0.25) is 14.4 Å². The highest BCUT2D eigenvalue weighted by Crippen LogP contribution is 2.19. The number of nitrogens with one attached hydrogen (secondary N) is 1. The number of carbonyl (C=O) groups excluding carboxylic acids is 2. The molecule has 1 fully saturated rings. The van der Waals surface area contributed by atoms with Crippen LogP contribution in [0, 0.1) is 0 Å². The predicted molar refractivity (Wildman–Crippen MR) is 90.4 cm³/mol. The number of nitrogens with zero attached hydrogens (tertiary/aromatic N) is 3. The molecule has 1 saturated heterocycles. The highest BCUT2D eigenvalue weighted by atomic mass is 16.5. The number of esters is 1. The molecule has 1 aliphatic heterocycles. The van der Waals surface area contributed by atoms with E-state index in [1.165, 1.54) is 20.0 Å². The molecule has 8 heteroatoms. The molecule has 1 amide bonds. The Hall–Kier alpha value is -2.61. The zero-order chi connectivity index (χ0) is 17.8. The number of amides is 1. The van der Waals surface area contributed by atoms with E-state index in [1.807, 2.05) is 13.0 Å². The van der Waals surface area contributed by atoms with Gasteiger partial charge in [-0.15, -0.1) is 0 Å². The van der Waals surface area contributed by atoms with E-state index in [9.17, 15) is 9.59 Å². The molecule has 0 aromatic carbocycles. The summed E-state index contributed by atoms with van der Waals surface area (Å²) in [5, 5.41) is 6.78. The summed E-state index contributed by atoms with van der Waals surface area (Å²) in [6, 6.07) is 3.45. The monoisotopic (exact) mass is 346 g/mol. The number of rotatable bonds is 6. The number of methoxy groups -OCH3 is 1. The standard InChI is InChI=1S/C17H22N4O4/c1-3-21-11-13(15(19-21)17(23)24-2)18-16(22)14-7-6-12(25-14)10-20-8-4-5-9-20/h6-7,11H,3-5,8-10H2,1-2H3,(H,18,22). The fourth-order valence-corrected chi connectivity index (χ4v) is 2.85. The molecule has 25 heavy (non-hydrogen) atoms. The Morgan fingerprint density at radius 3 is 2.76 bits per heavy atom. The molecule has 2 aromatic heterocycles. The molecule has 134 valence electrons. The number of ether oxygens (including phenoxy) is 1. The SMILES string of the molecule is CCn1cc(NC(=O)c2ccc(CN3CCCC3)o2)c(C(=O)OC)n1. The minimum absolute atomic E-state index is 0.0709. The van der Waals surface area contributed by atoms with E-state index in [2.05, 4.69) is 15.3 Å². The van der Waals surface area contributed by atoms with Gasteiger partial charge in [0.2, 0.25) is 0 Å². The average molecular weight is 346 g/mol. The molecule has 3 heterocycles. The lowest BCUT2D eigenvalue weighted by atomic mass is 10.3. The molecule has 0 saturated carbocycles. The first-order valence-electron chi connectivity index (χ1n) is 8.39. The molecule has 0 radical (unpaired) electrons. The van der Waals surface area contributed by atoms with E-state index in [-0.39, 0.29) is 11.5 Å². The van der Waals surface area contributed by atoms with Gasteiger partial charge in [-0.05, 0) is 45.0 Å². The van der Waals surface area contributed by atoms with Crippen molar-refractivity contribution in [2.45, 2.75) is 32.9 Å². The Bertz CT molecular complexity index is 759. The van der Waals surface area contributed by atoms with Crippen LogP contribution in [-0.2, 0) is 17.8 Å². The van der Waals surface area contributed by atoms with E-state index >= 15 is 0 Å². The quantitative estimate of drug-likeness (QED) is 0.806. The molecule has 3 rings (SSSR count). The van der Waals surface area contributed by atoms with Gasteiger partial charge in [0.25, 0.3) is 5.91 Å². The van der Waals surface area contributed by atoms with Crippen LogP contribution in [0.1, 0.15) is 46.6 Å². The van der Waals surface area contributed by atoms with Crippen molar-refractivity contribution in [3.63, 3.8) is 0 Å². The summed E-state index contributed by atoms with van der Waals surface area (Å²) >= 11 is 0. The number of hydrogen-bond acceptors (Lipinski definition) is 6. The number of furan rings is 1. The molecular weight excluding hydrogens is 324 g/mol. The molecule has 0 spiro atoms. The number of hydrogen-bond donors (Lipinski definition) is 1. The van der Waals surface area contributed by atoms with Gasteiger partial charge in [0.15, 0.2) is 11.5 Å². The van der Waals surface area contributed by atoms with Gasteiger partial charge >= 0.3 is 5.97 Å². The van der Waals surface area contributed by atoms with Crippen LogP contribution < -0.4 is 5.32 Å². The minimum Gasteiger partial charge on any atom is -0.464 e. The maximum absolute atomic E-state index is 12.4. The number of carbonyl (C=O) groups is 2. The first-order valence-corrected chi connectivity index (χ1v) is 8.39.